The molecule has 1 amide bonds. The highest BCUT2D eigenvalue weighted by molar-refractivity contribution is 5.94. The molecule has 1 unspecified atom stereocenters. The van der Waals surface area contributed by atoms with Gasteiger partial charge in [-0.2, -0.15) is 0 Å². The van der Waals surface area contributed by atoms with E-state index in [9.17, 15) is 4.79 Å². The number of carbonyl (C=O) groups is 1. The van der Waals surface area contributed by atoms with E-state index in [1.54, 1.807) is 0 Å². The predicted octanol–water partition coefficient (Wildman–Crippen LogP) is 2.09. The molecule has 1 aromatic carbocycles. The summed E-state index contributed by atoms with van der Waals surface area (Å²) in [5, 5.41) is 2.88. The maximum absolute atomic E-state index is 11.7. The number of carbonyl (C=O) groups excluding carboxylic acids is 1. The summed E-state index contributed by atoms with van der Waals surface area (Å²) >= 11 is 0. The Balaban J connectivity index is 2.63. The van der Waals surface area contributed by atoms with Crippen LogP contribution in [0.3, 0.4) is 0 Å². The average molecular weight is 220 g/mol. The molecule has 0 bridgehead atoms. The van der Waals surface area contributed by atoms with Gasteiger partial charge in [0.2, 0.25) is 0 Å². The second-order valence-electron chi connectivity index (χ2n) is 4.51. The SMILES string of the molecule is CC(C)CNC(=O)c1ccc(C(C)N)cc1. The van der Waals surface area contributed by atoms with E-state index in [1.807, 2.05) is 31.2 Å². The van der Waals surface area contributed by atoms with E-state index in [2.05, 4.69) is 19.2 Å². The molecule has 0 aliphatic heterocycles. The normalized spacial score (nSPS) is 12.6. The third-order valence-corrected chi connectivity index (χ3v) is 2.37. The molecule has 0 heterocycles. The van der Waals surface area contributed by atoms with Gasteiger partial charge < -0.3 is 11.1 Å². The number of nitrogens with two attached hydrogens (primary N) is 1. The fourth-order valence-electron chi connectivity index (χ4n) is 1.34. The Morgan fingerprint density at radius 1 is 1.25 bits per heavy atom. The lowest BCUT2D eigenvalue weighted by molar-refractivity contribution is 0.0949. The van der Waals surface area contributed by atoms with E-state index in [4.69, 9.17) is 5.73 Å². The average Bonchev–Trinajstić information content (AvgIpc) is 2.26. The minimum Gasteiger partial charge on any atom is -0.352 e. The molecule has 0 fully saturated rings. The quantitative estimate of drug-likeness (QED) is 0.816. The zero-order valence-electron chi connectivity index (χ0n) is 10.2. The largest absolute Gasteiger partial charge is 0.352 e. The van der Waals surface area contributed by atoms with Crippen molar-refractivity contribution in [1.82, 2.24) is 5.32 Å². The highest BCUT2D eigenvalue weighted by atomic mass is 16.1. The van der Waals surface area contributed by atoms with Crippen molar-refractivity contribution in [3.63, 3.8) is 0 Å². The van der Waals surface area contributed by atoms with Crippen LogP contribution in [0, 0.1) is 5.92 Å². The third kappa shape index (κ3) is 3.66. The fraction of sp³-hybridized carbons (Fsp3) is 0.462. The molecule has 0 aromatic heterocycles. The second-order valence-corrected chi connectivity index (χ2v) is 4.51. The van der Waals surface area contributed by atoms with Crippen molar-refractivity contribution >= 4 is 5.91 Å². The third-order valence-electron chi connectivity index (χ3n) is 2.37. The molecule has 16 heavy (non-hydrogen) atoms. The monoisotopic (exact) mass is 220 g/mol. The van der Waals surface area contributed by atoms with Gasteiger partial charge in [0.05, 0.1) is 0 Å². The summed E-state index contributed by atoms with van der Waals surface area (Å²) < 4.78 is 0. The number of nitrogens with one attached hydrogen (secondary N) is 1. The van der Waals surface area contributed by atoms with Gasteiger partial charge in [0.25, 0.3) is 5.91 Å². The molecule has 0 radical (unpaired) electrons. The number of benzene rings is 1. The lowest BCUT2D eigenvalue weighted by Crippen LogP contribution is -2.27. The van der Waals surface area contributed by atoms with E-state index in [0.29, 0.717) is 18.0 Å². The van der Waals surface area contributed by atoms with Crippen LogP contribution in [0.4, 0.5) is 0 Å². The lowest BCUT2D eigenvalue weighted by Gasteiger charge is -2.09. The van der Waals surface area contributed by atoms with Gasteiger partial charge in [-0.3, -0.25) is 4.79 Å². The molecule has 0 saturated heterocycles. The minimum atomic E-state index is -0.0232. The Kier molecular flexibility index (Phi) is 4.50. The topological polar surface area (TPSA) is 55.1 Å². The molecule has 1 atom stereocenters. The molecule has 3 N–H and O–H groups in total. The second kappa shape index (κ2) is 5.66. The molecule has 3 heteroatoms. The number of amides is 1. The van der Waals surface area contributed by atoms with E-state index < -0.39 is 0 Å². The molecule has 0 aliphatic rings. The molecule has 0 aliphatic carbocycles. The molecule has 1 aromatic rings. The van der Waals surface area contributed by atoms with Crippen molar-refractivity contribution in [2.24, 2.45) is 11.7 Å². The number of rotatable bonds is 4. The number of hydrogen-bond acceptors (Lipinski definition) is 2. The summed E-state index contributed by atoms with van der Waals surface area (Å²) in [5.74, 6) is 0.442. The van der Waals surface area contributed by atoms with Gasteiger partial charge in [-0.15, -0.1) is 0 Å². The lowest BCUT2D eigenvalue weighted by atomic mass is 10.1. The fourth-order valence-corrected chi connectivity index (χ4v) is 1.34. The first-order valence-corrected chi connectivity index (χ1v) is 5.64. The maximum atomic E-state index is 11.7. The summed E-state index contributed by atoms with van der Waals surface area (Å²) in [4.78, 5) is 11.7. The highest BCUT2D eigenvalue weighted by Crippen LogP contribution is 2.10. The summed E-state index contributed by atoms with van der Waals surface area (Å²) in [6.07, 6.45) is 0. The Bertz CT molecular complexity index is 341. The first kappa shape index (κ1) is 12.7. The van der Waals surface area contributed by atoms with Crippen LogP contribution in [0.25, 0.3) is 0 Å². The van der Waals surface area contributed by atoms with Gasteiger partial charge >= 0.3 is 0 Å². The van der Waals surface area contributed by atoms with Crippen molar-refractivity contribution in [3.8, 4) is 0 Å². The molecule has 0 saturated carbocycles. The smallest absolute Gasteiger partial charge is 0.251 e. The van der Waals surface area contributed by atoms with Crippen molar-refractivity contribution in [2.45, 2.75) is 26.8 Å². The van der Waals surface area contributed by atoms with Gasteiger partial charge in [-0.1, -0.05) is 26.0 Å². The van der Waals surface area contributed by atoms with E-state index in [-0.39, 0.29) is 11.9 Å². The van der Waals surface area contributed by atoms with Gasteiger partial charge in [0.1, 0.15) is 0 Å². The molecule has 3 nitrogen and oxygen atoms in total. The van der Waals surface area contributed by atoms with Crippen LogP contribution in [-0.2, 0) is 0 Å². The van der Waals surface area contributed by atoms with E-state index in [1.165, 1.54) is 0 Å². The summed E-state index contributed by atoms with van der Waals surface area (Å²) in [6.45, 7) is 6.76. The van der Waals surface area contributed by atoms with Crippen molar-refractivity contribution in [2.75, 3.05) is 6.54 Å². The molecule has 0 spiro atoms. The Morgan fingerprint density at radius 2 is 1.81 bits per heavy atom. The zero-order valence-corrected chi connectivity index (χ0v) is 10.2. The van der Waals surface area contributed by atoms with Crippen LogP contribution in [0.1, 0.15) is 42.7 Å². The van der Waals surface area contributed by atoms with Crippen LogP contribution in [0.2, 0.25) is 0 Å². The predicted molar refractivity (Wildman–Crippen MR) is 66.2 cm³/mol. The first-order valence-electron chi connectivity index (χ1n) is 5.64. The summed E-state index contributed by atoms with van der Waals surface area (Å²) in [5.41, 5.74) is 7.47. The van der Waals surface area contributed by atoms with Crippen LogP contribution >= 0.6 is 0 Å². The summed E-state index contributed by atoms with van der Waals surface area (Å²) in [7, 11) is 0. The Labute approximate surface area is 97.0 Å². The van der Waals surface area contributed by atoms with Crippen LogP contribution < -0.4 is 11.1 Å². The molecular formula is C13H20N2O. The maximum Gasteiger partial charge on any atom is 0.251 e. The van der Waals surface area contributed by atoms with E-state index >= 15 is 0 Å². The van der Waals surface area contributed by atoms with Crippen molar-refractivity contribution < 1.29 is 4.79 Å². The van der Waals surface area contributed by atoms with Gasteiger partial charge in [-0.05, 0) is 30.5 Å². The van der Waals surface area contributed by atoms with Crippen LogP contribution in [0.5, 0.6) is 0 Å². The summed E-state index contributed by atoms with van der Waals surface area (Å²) in [6, 6.07) is 7.43. The van der Waals surface area contributed by atoms with Gasteiger partial charge in [0.15, 0.2) is 0 Å². The molecule has 1 rings (SSSR count). The number of hydrogen-bond donors (Lipinski definition) is 2. The zero-order chi connectivity index (χ0) is 12.1. The Morgan fingerprint density at radius 3 is 2.25 bits per heavy atom. The van der Waals surface area contributed by atoms with Crippen LogP contribution in [-0.4, -0.2) is 12.5 Å². The first-order chi connectivity index (χ1) is 7.50. The van der Waals surface area contributed by atoms with Gasteiger partial charge in [-0.25, -0.2) is 0 Å². The van der Waals surface area contributed by atoms with Gasteiger partial charge in [0, 0.05) is 18.2 Å². The standard InChI is InChI=1S/C13H20N2O/c1-9(2)8-15-13(16)12-6-4-11(5-7-12)10(3)14/h4-7,9-10H,8,14H2,1-3H3,(H,15,16). The van der Waals surface area contributed by atoms with Crippen molar-refractivity contribution in [1.29, 1.82) is 0 Å². The highest BCUT2D eigenvalue weighted by Gasteiger charge is 2.06. The molecule has 88 valence electrons. The minimum absolute atomic E-state index is 0.00720. The Hall–Kier alpha value is -1.35. The van der Waals surface area contributed by atoms with Crippen molar-refractivity contribution in [3.05, 3.63) is 35.4 Å². The van der Waals surface area contributed by atoms with Crippen LogP contribution in [0.15, 0.2) is 24.3 Å². The molecular weight excluding hydrogens is 200 g/mol. The van der Waals surface area contributed by atoms with E-state index in [0.717, 1.165) is 5.56 Å².